The van der Waals surface area contributed by atoms with Crippen LogP contribution in [-0.2, 0) is 19.9 Å². The molecule has 144 valence electrons. The van der Waals surface area contributed by atoms with E-state index in [0.717, 1.165) is 30.2 Å². The highest BCUT2D eigenvalue weighted by molar-refractivity contribution is 5.86. The fourth-order valence-corrected chi connectivity index (χ4v) is 4.27. The predicted octanol–water partition coefficient (Wildman–Crippen LogP) is 5.48. The van der Waals surface area contributed by atoms with Gasteiger partial charge in [0.15, 0.2) is 5.82 Å². The van der Waals surface area contributed by atoms with E-state index in [1.165, 1.54) is 38.7 Å². The summed E-state index contributed by atoms with van der Waals surface area (Å²) in [7, 11) is 2.09. The molecule has 2 heterocycles. The molecule has 0 saturated carbocycles. The molecule has 0 aliphatic heterocycles. The van der Waals surface area contributed by atoms with Crippen molar-refractivity contribution in [3.8, 4) is 17.1 Å². The largest absolute Gasteiger partial charge is 0.350 e. The number of hydrogen-bond donors (Lipinski definition) is 0. The Morgan fingerprint density at radius 3 is 2.29 bits per heavy atom. The normalized spacial score (nSPS) is 11.5. The molecule has 0 bridgehead atoms. The van der Waals surface area contributed by atoms with Gasteiger partial charge in [-0.3, -0.25) is 4.57 Å². The van der Waals surface area contributed by atoms with Crippen molar-refractivity contribution in [3.63, 3.8) is 0 Å². The van der Waals surface area contributed by atoms with Gasteiger partial charge in [-0.2, -0.15) is 0 Å². The predicted molar refractivity (Wildman–Crippen MR) is 116 cm³/mol. The topological polar surface area (TPSA) is 35.6 Å². The minimum Gasteiger partial charge on any atom is -0.350 e. The lowest BCUT2D eigenvalue weighted by Crippen LogP contribution is -2.03. The van der Waals surface area contributed by atoms with Crippen molar-refractivity contribution in [3.05, 3.63) is 64.6 Å². The highest BCUT2D eigenvalue weighted by Crippen LogP contribution is 2.30. The summed E-state index contributed by atoms with van der Waals surface area (Å²) in [5, 5.41) is 10.3. The zero-order chi connectivity index (χ0) is 20.0. The lowest BCUT2D eigenvalue weighted by molar-refractivity contribution is 0.959. The minimum absolute atomic E-state index is 0.903. The summed E-state index contributed by atoms with van der Waals surface area (Å²) in [4.78, 5) is 0. The Bertz CT molecular complexity index is 1180. The highest BCUT2D eigenvalue weighted by Gasteiger charge is 2.17. The smallest absolute Gasteiger partial charge is 0.168 e. The van der Waals surface area contributed by atoms with Gasteiger partial charge in [0.2, 0.25) is 0 Å². The maximum atomic E-state index is 4.57. The maximum absolute atomic E-state index is 4.57. The molecule has 0 unspecified atom stereocenters. The van der Waals surface area contributed by atoms with Crippen molar-refractivity contribution in [2.45, 2.75) is 47.5 Å². The molecule has 0 aliphatic carbocycles. The Morgan fingerprint density at radius 2 is 1.57 bits per heavy atom. The number of aryl methyl sites for hydroxylation is 6. The molecular weight excluding hydrogens is 344 g/mol. The van der Waals surface area contributed by atoms with Crippen LogP contribution in [0.2, 0.25) is 0 Å². The molecule has 0 fully saturated rings. The fraction of sp³-hybridized carbons (Fsp3) is 0.333. The molecule has 4 rings (SSSR count). The van der Waals surface area contributed by atoms with Crippen LogP contribution in [0.4, 0.5) is 0 Å². The summed E-state index contributed by atoms with van der Waals surface area (Å²) in [6.07, 6.45) is 4.26. The summed E-state index contributed by atoms with van der Waals surface area (Å²) in [6.45, 7) is 10.8. The minimum atomic E-state index is 0.903. The summed E-state index contributed by atoms with van der Waals surface area (Å²) in [5.74, 6) is 1.82. The molecular formula is C24H28N4. The zero-order valence-electron chi connectivity index (χ0n) is 17.7. The zero-order valence-corrected chi connectivity index (χ0v) is 17.7. The molecule has 0 radical (unpaired) electrons. The molecule has 2 aromatic carbocycles. The SMILES string of the molecule is CCc1cc(C)c(-c2nnc(C)n2-c2ccc3c(c2)c(C)cn3C)cc1CC. The second-order valence-corrected chi connectivity index (χ2v) is 7.67. The Labute approximate surface area is 166 Å². The van der Waals surface area contributed by atoms with Crippen LogP contribution in [0.25, 0.3) is 28.0 Å². The van der Waals surface area contributed by atoms with Gasteiger partial charge in [-0.15, -0.1) is 10.2 Å². The number of benzene rings is 2. The van der Waals surface area contributed by atoms with Gasteiger partial charge in [-0.05, 0) is 80.1 Å². The quantitative estimate of drug-likeness (QED) is 0.476. The molecule has 0 N–H and O–H groups in total. The summed E-state index contributed by atoms with van der Waals surface area (Å²) in [6, 6.07) is 11.2. The molecule has 4 aromatic rings. The van der Waals surface area contributed by atoms with Crippen molar-refractivity contribution in [1.29, 1.82) is 0 Å². The van der Waals surface area contributed by atoms with Gasteiger partial charge in [-0.25, -0.2) is 0 Å². The van der Waals surface area contributed by atoms with E-state index in [2.05, 4.69) is 90.6 Å². The van der Waals surface area contributed by atoms with E-state index in [1.807, 2.05) is 6.92 Å². The monoisotopic (exact) mass is 372 g/mol. The maximum Gasteiger partial charge on any atom is 0.168 e. The molecule has 0 atom stereocenters. The third-order valence-corrected chi connectivity index (χ3v) is 5.80. The molecule has 2 aromatic heterocycles. The average molecular weight is 373 g/mol. The van der Waals surface area contributed by atoms with E-state index in [-0.39, 0.29) is 0 Å². The first-order valence-electron chi connectivity index (χ1n) is 10.0. The standard InChI is InChI=1S/C24H28N4/c1-7-18-11-15(3)22(12-19(18)8-2)24-26-25-17(5)28(24)20-9-10-23-21(13-20)16(4)14-27(23)6/h9-14H,7-8H2,1-6H3. The van der Waals surface area contributed by atoms with Gasteiger partial charge in [0.05, 0.1) is 0 Å². The van der Waals surface area contributed by atoms with Gasteiger partial charge in [-0.1, -0.05) is 19.9 Å². The van der Waals surface area contributed by atoms with Crippen LogP contribution in [0.15, 0.2) is 36.5 Å². The van der Waals surface area contributed by atoms with Crippen molar-refractivity contribution in [1.82, 2.24) is 19.3 Å². The summed E-state index contributed by atoms with van der Waals surface area (Å²) >= 11 is 0. The van der Waals surface area contributed by atoms with Crippen LogP contribution in [0, 0.1) is 20.8 Å². The molecule has 0 aliphatic rings. The van der Waals surface area contributed by atoms with Crippen LogP contribution in [0.1, 0.15) is 41.9 Å². The number of rotatable bonds is 4. The number of aromatic nitrogens is 4. The molecule has 0 spiro atoms. The van der Waals surface area contributed by atoms with Gasteiger partial charge < -0.3 is 4.57 Å². The van der Waals surface area contributed by atoms with Crippen LogP contribution in [0.3, 0.4) is 0 Å². The van der Waals surface area contributed by atoms with E-state index in [9.17, 15) is 0 Å². The lowest BCUT2D eigenvalue weighted by atomic mass is 9.95. The van der Waals surface area contributed by atoms with Gasteiger partial charge in [0, 0.05) is 35.4 Å². The second kappa shape index (κ2) is 6.93. The fourth-order valence-electron chi connectivity index (χ4n) is 4.27. The number of fused-ring (bicyclic) bond motifs is 1. The Balaban J connectivity index is 1.93. The first-order chi connectivity index (χ1) is 13.4. The lowest BCUT2D eigenvalue weighted by Gasteiger charge is -2.15. The molecule has 4 nitrogen and oxygen atoms in total. The van der Waals surface area contributed by atoms with Gasteiger partial charge in [0.25, 0.3) is 0 Å². The third-order valence-electron chi connectivity index (χ3n) is 5.80. The van der Waals surface area contributed by atoms with E-state index in [4.69, 9.17) is 0 Å². The first kappa shape index (κ1) is 18.5. The average Bonchev–Trinajstić information content (AvgIpc) is 3.20. The van der Waals surface area contributed by atoms with Crippen molar-refractivity contribution >= 4 is 10.9 Å². The number of nitrogens with zero attached hydrogens (tertiary/aromatic N) is 4. The third kappa shape index (κ3) is 2.84. The van der Waals surface area contributed by atoms with Gasteiger partial charge >= 0.3 is 0 Å². The molecule has 0 saturated heterocycles. The van der Waals surface area contributed by atoms with Crippen LogP contribution in [0.5, 0.6) is 0 Å². The molecule has 0 amide bonds. The summed E-state index contributed by atoms with van der Waals surface area (Å²) in [5.41, 5.74) is 8.86. The second-order valence-electron chi connectivity index (χ2n) is 7.67. The van der Waals surface area contributed by atoms with E-state index in [0.29, 0.717) is 0 Å². The van der Waals surface area contributed by atoms with E-state index >= 15 is 0 Å². The van der Waals surface area contributed by atoms with Gasteiger partial charge in [0.1, 0.15) is 5.82 Å². The summed E-state index contributed by atoms with van der Waals surface area (Å²) < 4.78 is 4.36. The highest BCUT2D eigenvalue weighted by atomic mass is 15.3. The van der Waals surface area contributed by atoms with Crippen LogP contribution >= 0.6 is 0 Å². The molecule has 4 heteroatoms. The van der Waals surface area contributed by atoms with Crippen LogP contribution < -0.4 is 0 Å². The van der Waals surface area contributed by atoms with Crippen LogP contribution in [-0.4, -0.2) is 19.3 Å². The Morgan fingerprint density at radius 1 is 0.857 bits per heavy atom. The van der Waals surface area contributed by atoms with Crippen molar-refractivity contribution in [2.75, 3.05) is 0 Å². The van der Waals surface area contributed by atoms with E-state index in [1.54, 1.807) is 0 Å². The van der Waals surface area contributed by atoms with E-state index < -0.39 is 0 Å². The van der Waals surface area contributed by atoms with Crippen molar-refractivity contribution in [2.24, 2.45) is 7.05 Å². The number of hydrogen-bond acceptors (Lipinski definition) is 2. The van der Waals surface area contributed by atoms with Crippen molar-refractivity contribution < 1.29 is 0 Å². The Hall–Kier alpha value is -2.88. The molecule has 28 heavy (non-hydrogen) atoms. The first-order valence-corrected chi connectivity index (χ1v) is 10.0. The Kier molecular flexibility index (Phi) is 4.58.